The number of fused-ring (bicyclic) bond motifs is 1. The molecule has 0 spiro atoms. The molecule has 0 unspecified atom stereocenters. The van der Waals surface area contributed by atoms with Crippen LogP contribution in [0.3, 0.4) is 0 Å². The Hall–Kier alpha value is -3.51. The van der Waals surface area contributed by atoms with Gasteiger partial charge >= 0.3 is 12.3 Å². The van der Waals surface area contributed by atoms with Crippen LogP contribution < -0.4 is 10.6 Å². The molecule has 0 bridgehead atoms. The van der Waals surface area contributed by atoms with Crippen molar-refractivity contribution in [1.82, 2.24) is 15.2 Å². The Balaban J connectivity index is 1.59. The van der Waals surface area contributed by atoms with Crippen molar-refractivity contribution in [3.8, 4) is 0 Å². The molecule has 1 aromatic heterocycles. The zero-order valence-electron chi connectivity index (χ0n) is 21.5. The summed E-state index contributed by atoms with van der Waals surface area (Å²) in [6, 6.07) is 9.21. The van der Waals surface area contributed by atoms with E-state index in [0.29, 0.717) is 16.3 Å². The number of carbonyl (C=O) groups is 2. The van der Waals surface area contributed by atoms with Gasteiger partial charge in [-0.05, 0) is 67.1 Å². The number of rotatable bonds is 12. The molecule has 0 radical (unpaired) electrons. The Kier molecular flexibility index (Phi) is 11.0. The van der Waals surface area contributed by atoms with E-state index < -0.39 is 36.5 Å². The van der Waals surface area contributed by atoms with Gasteiger partial charge < -0.3 is 15.0 Å². The Bertz CT molecular complexity index is 1330. The van der Waals surface area contributed by atoms with Gasteiger partial charge in [0.2, 0.25) is 5.91 Å². The number of benzene rings is 2. The lowest BCUT2D eigenvalue weighted by atomic mass is 10.1. The number of nitrogens with one attached hydrogen (secondary N) is 2. The van der Waals surface area contributed by atoms with E-state index in [0.717, 1.165) is 0 Å². The molecule has 0 aliphatic carbocycles. The zero-order valence-corrected chi connectivity index (χ0v) is 22.3. The number of nitrogens with zero attached hydrogens (tertiary/aromatic N) is 2. The van der Waals surface area contributed by atoms with Gasteiger partial charge in [0.1, 0.15) is 24.1 Å². The topological polar surface area (TPSA) is 83.6 Å². The number of likely N-dealkylation sites (N-methyl/N-ethyl adjacent to an activating group) is 1. The van der Waals surface area contributed by atoms with Gasteiger partial charge in [0, 0.05) is 25.1 Å². The molecule has 216 valence electrons. The van der Waals surface area contributed by atoms with Gasteiger partial charge in [0.25, 0.3) is 0 Å². The van der Waals surface area contributed by atoms with E-state index in [1.807, 2.05) is 0 Å². The predicted octanol–water partition coefficient (Wildman–Crippen LogP) is 6.11. The summed E-state index contributed by atoms with van der Waals surface area (Å²) < 4.78 is 69.8. The van der Waals surface area contributed by atoms with Gasteiger partial charge in [-0.1, -0.05) is 23.7 Å². The van der Waals surface area contributed by atoms with Gasteiger partial charge in [0.15, 0.2) is 0 Å². The number of halogens is 6. The number of aromatic nitrogens is 1. The van der Waals surface area contributed by atoms with Gasteiger partial charge in [-0.3, -0.25) is 10.1 Å². The van der Waals surface area contributed by atoms with Gasteiger partial charge in [0.05, 0.1) is 17.6 Å². The molecule has 0 fully saturated rings. The minimum atomic E-state index is -4.35. The molecular weight excluding hydrogens is 559 g/mol. The maximum Gasteiger partial charge on any atom is 0.412 e. The summed E-state index contributed by atoms with van der Waals surface area (Å²) in [5.41, 5.74) is 0.453. The monoisotopic (exact) mass is 586 g/mol. The van der Waals surface area contributed by atoms with Crippen LogP contribution >= 0.6 is 11.6 Å². The summed E-state index contributed by atoms with van der Waals surface area (Å²) in [5.74, 6) is -1.29. The van der Waals surface area contributed by atoms with Crippen molar-refractivity contribution < 1.29 is 36.3 Å². The van der Waals surface area contributed by atoms with Crippen molar-refractivity contribution in [2.75, 3.05) is 32.1 Å². The number of hydrogen-bond donors (Lipinski definition) is 2. The largest absolute Gasteiger partial charge is 0.447 e. The molecule has 2 aromatic carbocycles. The van der Waals surface area contributed by atoms with Crippen LogP contribution in [0.5, 0.6) is 0 Å². The smallest absolute Gasteiger partial charge is 0.412 e. The highest BCUT2D eigenvalue weighted by Gasteiger charge is 2.26. The van der Waals surface area contributed by atoms with Crippen LogP contribution in [-0.2, 0) is 16.0 Å². The Labute approximate surface area is 232 Å². The van der Waals surface area contributed by atoms with E-state index in [2.05, 4.69) is 15.6 Å². The third-order valence-corrected chi connectivity index (χ3v) is 6.54. The fourth-order valence-electron chi connectivity index (χ4n) is 3.94. The average molecular weight is 587 g/mol. The highest BCUT2D eigenvalue weighted by molar-refractivity contribution is 6.31. The third kappa shape index (κ3) is 9.60. The highest BCUT2D eigenvalue weighted by Crippen LogP contribution is 2.22. The number of pyridine rings is 1. The lowest BCUT2D eigenvalue weighted by Gasteiger charge is -2.28. The SMILES string of the molecule is CN(C(=O)CCc1cccc(F)c1Cl)[C@@H](CCCNCC(F)(F)F)COC(=O)Nc1cc2cc(F)ccc2cn1. The lowest BCUT2D eigenvalue weighted by molar-refractivity contribution is -0.132. The summed E-state index contributed by atoms with van der Waals surface area (Å²) >= 11 is 5.96. The van der Waals surface area contributed by atoms with Crippen molar-refractivity contribution in [3.05, 3.63) is 70.9 Å². The van der Waals surface area contributed by atoms with E-state index in [1.165, 1.54) is 48.5 Å². The first-order chi connectivity index (χ1) is 18.9. The first-order valence-corrected chi connectivity index (χ1v) is 12.8. The second-order valence-corrected chi connectivity index (χ2v) is 9.47. The van der Waals surface area contributed by atoms with Gasteiger partial charge in [-0.2, -0.15) is 13.2 Å². The number of anilines is 1. The van der Waals surface area contributed by atoms with Crippen LogP contribution in [0.1, 0.15) is 24.8 Å². The first kappa shape index (κ1) is 31.0. The molecule has 7 nitrogen and oxygen atoms in total. The summed E-state index contributed by atoms with van der Waals surface area (Å²) in [4.78, 5) is 30.8. The Morgan fingerprint density at radius 3 is 2.65 bits per heavy atom. The molecule has 1 atom stereocenters. The minimum Gasteiger partial charge on any atom is -0.447 e. The van der Waals surface area contributed by atoms with Crippen molar-refractivity contribution in [3.63, 3.8) is 0 Å². The van der Waals surface area contributed by atoms with E-state index >= 15 is 0 Å². The number of alkyl halides is 3. The van der Waals surface area contributed by atoms with Crippen molar-refractivity contribution in [2.45, 2.75) is 37.9 Å². The Morgan fingerprint density at radius 2 is 1.90 bits per heavy atom. The fraction of sp³-hybridized carbons (Fsp3) is 0.370. The molecular formula is C27H28ClF5N4O3. The molecule has 0 saturated carbocycles. The normalized spacial score (nSPS) is 12.3. The molecule has 13 heteroatoms. The summed E-state index contributed by atoms with van der Waals surface area (Å²) in [7, 11) is 1.49. The summed E-state index contributed by atoms with van der Waals surface area (Å²) in [5, 5.41) is 5.84. The number of hydrogen-bond acceptors (Lipinski definition) is 5. The molecule has 2 N–H and O–H groups in total. The van der Waals surface area contributed by atoms with Crippen molar-refractivity contribution in [1.29, 1.82) is 0 Å². The third-order valence-electron chi connectivity index (χ3n) is 6.12. The molecule has 2 amide bonds. The number of aryl methyl sites for hydroxylation is 1. The minimum absolute atomic E-state index is 0.0216. The molecule has 0 aliphatic rings. The Morgan fingerprint density at radius 1 is 1.12 bits per heavy atom. The average Bonchev–Trinajstić information content (AvgIpc) is 2.89. The van der Waals surface area contributed by atoms with Gasteiger partial charge in [-0.25, -0.2) is 18.6 Å². The maximum absolute atomic E-state index is 13.7. The second kappa shape index (κ2) is 14.2. The second-order valence-electron chi connectivity index (χ2n) is 9.09. The van der Waals surface area contributed by atoms with Crippen LogP contribution in [0.15, 0.2) is 48.7 Å². The lowest BCUT2D eigenvalue weighted by Crippen LogP contribution is -2.41. The molecule has 3 rings (SSSR count). The summed E-state index contributed by atoms with van der Waals surface area (Å²) in [6.45, 7) is -1.38. The summed E-state index contributed by atoms with van der Waals surface area (Å²) in [6.07, 6.45) is -3.14. The molecule has 0 aliphatic heterocycles. The van der Waals surface area contributed by atoms with Gasteiger partial charge in [-0.15, -0.1) is 0 Å². The standard InChI is InChI=1S/C27H28ClF5N4O3/c1-37(24(38)10-8-17-4-2-6-22(30)25(17)28)21(5-3-11-34-16-27(31,32)33)15-40-26(39)36-23-13-19-12-20(29)9-7-18(19)14-35-23/h2,4,6-7,9,12-14,21,34H,3,5,8,10-11,15-16H2,1H3,(H,35,36,39)/t21-/m0/s1. The van der Waals surface area contributed by atoms with Crippen LogP contribution in [-0.4, -0.2) is 60.8 Å². The molecule has 0 saturated heterocycles. The van der Waals surface area contributed by atoms with Crippen LogP contribution in [0.25, 0.3) is 10.8 Å². The van der Waals surface area contributed by atoms with E-state index in [4.69, 9.17) is 16.3 Å². The highest BCUT2D eigenvalue weighted by atomic mass is 35.5. The van der Waals surface area contributed by atoms with E-state index in [1.54, 1.807) is 12.1 Å². The van der Waals surface area contributed by atoms with Crippen molar-refractivity contribution in [2.24, 2.45) is 0 Å². The number of amides is 2. The molecule has 1 heterocycles. The van der Waals surface area contributed by atoms with E-state index in [-0.39, 0.29) is 55.6 Å². The molecule has 3 aromatic rings. The molecule has 40 heavy (non-hydrogen) atoms. The van der Waals surface area contributed by atoms with Crippen LogP contribution in [0.4, 0.5) is 32.6 Å². The predicted molar refractivity (Wildman–Crippen MR) is 141 cm³/mol. The maximum atomic E-state index is 13.7. The quantitative estimate of drug-likeness (QED) is 0.198. The van der Waals surface area contributed by atoms with Crippen LogP contribution in [0.2, 0.25) is 5.02 Å². The van der Waals surface area contributed by atoms with E-state index in [9.17, 15) is 31.5 Å². The number of ether oxygens (including phenoxy) is 1. The first-order valence-electron chi connectivity index (χ1n) is 12.4. The van der Waals surface area contributed by atoms with Crippen LogP contribution in [0, 0.1) is 11.6 Å². The number of carbonyl (C=O) groups excluding carboxylic acids is 2. The zero-order chi connectivity index (χ0) is 29.3. The van der Waals surface area contributed by atoms with Crippen molar-refractivity contribution >= 4 is 40.2 Å². The fourth-order valence-corrected chi connectivity index (χ4v) is 4.16.